The quantitative estimate of drug-likeness (QED) is 0.844. The monoisotopic (exact) mass is 403 g/mol. The van der Waals surface area contributed by atoms with E-state index in [1.165, 1.54) is 31.0 Å². The maximum absolute atomic E-state index is 13.2. The molecule has 0 spiro atoms. The summed E-state index contributed by atoms with van der Waals surface area (Å²) in [6.07, 6.45) is 4.58. The number of fused-ring (bicyclic) bond motifs is 1. The van der Waals surface area contributed by atoms with Crippen LogP contribution in [0.2, 0.25) is 0 Å². The van der Waals surface area contributed by atoms with Gasteiger partial charge in [0.15, 0.2) is 5.82 Å². The third-order valence-corrected chi connectivity index (χ3v) is 7.27. The number of nitrogens with one attached hydrogen (secondary N) is 1. The number of aromatic nitrogens is 1. The van der Waals surface area contributed by atoms with Crippen LogP contribution in [0.4, 0.5) is 5.82 Å². The fourth-order valence-electron chi connectivity index (χ4n) is 4.58. The van der Waals surface area contributed by atoms with Gasteiger partial charge in [0.1, 0.15) is 5.76 Å². The molecule has 4 rings (SSSR count). The van der Waals surface area contributed by atoms with Crippen LogP contribution in [0.25, 0.3) is 0 Å². The van der Waals surface area contributed by atoms with E-state index in [2.05, 4.69) is 16.8 Å². The highest BCUT2D eigenvalue weighted by Gasteiger charge is 2.42. The summed E-state index contributed by atoms with van der Waals surface area (Å²) in [5.41, 5.74) is 0.401. The molecule has 0 bridgehead atoms. The maximum Gasteiger partial charge on any atom is 0.263 e. The summed E-state index contributed by atoms with van der Waals surface area (Å²) < 4.78 is 32.6. The predicted molar refractivity (Wildman–Crippen MR) is 104 cm³/mol. The predicted octanol–water partition coefficient (Wildman–Crippen LogP) is 3.43. The Kier molecular flexibility index (Phi) is 4.91. The van der Waals surface area contributed by atoms with Gasteiger partial charge in [0.05, 0.1) is 4.90 Å². The third kappa shape index (κ3) is 3.53. The van der Waals surface area contributed by atoms with Crippen LogP contribution in [0.3, 0.4) is 0 Å². The maximum atomic E-state index is 13.2. The molecule has 1 aromatic carbocycles. The van der Waals surface area contributed by atoms with Gasteiger partial charge in [-0.2, -0.15) is 0 Å². The van der Waals surface area contributed by atoms with E-state index in [0.717, 1.165) is 19.4 Å². The van der Waals surface area contributed by atoms with Crippen LogP contribution in [0.1, 0.15) is 48.7 Å². The van der Waals surface area contributed by atoms with Crippen LogP contribution in [0.15, 0.2) is 39.8 Å². The van der Waals surface area contributed by atoms with Gasteiger partial charge in [0.2, 0.25) is 0 Å². The number of hydrogen-bond donors (Lipinski definition) is 1. The summed E-state index contributed by atoms with van der Waals surface area (Å²) in [6, 6.07) is 7.98. The van der Waals surface area contributed by atoms with E-state index in [9.17, 15) is 13.2 Å². The highest BCUT2D eigenvalue weighted by molar-refractivity contribution is 7.92. The first kappa shape index (κ1) is 19.0. The van der Waals surface area contributed by atoms with Gasteiger partial charge in [-0.15, -0.1) is 0 Å². The zero-order valence-corrected chi connectivity index (χ0v) is 16.9. The number of hydrogen-bond acceptors (Lipinski definition) is 5. The Morgan fingerprint density at radius 3 is 2.79 bits per heavy atom. The molecule has 150 valence electrons. The molecule has 1 N–H and O–H groups in total. The minimum atomic E-state index is -3.86. The molecule has 8 heteroatoms. The van der Waals surface area contributed by atoms with Crippen LogP contribution in [-0.2, 0) is 10.0 Å². The molecule has 2 aliphatic rings. The zero-order chi connectivity index (χ0) is 19.9. The molecule has 1 aliphatic heterocycles. The van der Waals surface area contributed by atoms with E-state index in [1.54, 1.807) is 19.1 Å². The van der Waals surface area contributed by atoms with Gasteiger partial charge in [-0.05, 0) is 49.8 Å². The molecule has 3 unspecified atom stereocenters. The van der Waals surface area contributed by atoms with Crippen molar-refractivity contribution in [2.75, 3.05) is 11.3 Å². The normalized spacial score (nSPS) is 24.8. The first-order chi connectivity index (χ1) is 13.3. The van der Waals surface area contributed by atoms with Crippen LogP contribution in [-0.4, -0.2) is 37.0 Å². The van der Waals surface area contributed by atoms with E-state index in [1.807, 2.05) is 4.90 Å². The zero-order valence-electron chi connectivity index (χ0n) is 16.1. The van der Waals surface area contributed by atoms with E-state index in [0.29, 0.717) is 23.2 Å². The van der Waals surface area contributed by atoms with Crippen molar-refractivity contribution in [3.8, 4) is 0 Å². The van der Waals surface area contributed by atoms with Crippen molar-refractivity contribution in [3.63, 3.8) is 0 Å². The van der Waals surface area contributed by atoms with Crippen molar-refractivity contribution in [1.82, 2.24) is 10.1 Å². The van der Waals surface area contributed by atoms with Gasteiger partial charge in [-0.1, -0.05) is 31.0 Å². The van der Waals surface area contributed by atoms with Crippen LogP contribution >= 0.6 is 0 Å². The smallest absolute Gasteiger partial charge is 0.263 e. The average Bonchev–Trinajstić information content (AvgIpc) is 3.24. The third-order valence-electron chi connectivity index (χ3n) is 5.92. The lowest BCUT2D eigenvalue weighted by molar-refractivity contribution is 0.0690. The van der Waals surface area contributed by atoms with Gasteiger partial charge in [-0.3, -0.25) is 9.52 Å². The molecule has 7 nitrogen and oxygen atoms in total. The lowest BCUT2D eigenvalue weighted by Crippen LogP contribution is -2.39. The molecule has 2 heterocycles. The number of likely N-dealkylation sites (tertiary alicyclic amines) is 1. The fraction of sp³-hybridized carbons (Fsp3) is 0.500. The minimum absolute atomic E-state index is 0.0337. The number of nitrogens with zero attached hydrogens (tertiary/aromatic N) is 2. The summed E-state index contributed by atoms with van der Waals surface area (Å²) in [7, 11) is -3.86. The van der Waals surface area contributed by atoms with Crippen molar-refractivity contribution in [2.24, 2.45) is 11.8 Å². The van der Waals surface area contributed by atoms with E-state index in [4.69, 9.17) is 4.52 Å². The molecule has 1 aromatic heterocycles. The Balaban J connectivity index is 1.57. The van der Waals surface area contributed by atoms with Crippen molar-refractivity contribution >= 4 is 21.7 Å². The Hall–Kier alpha value is -2.35. The molecule has 1 amide bonds. The van der Waals surface area contributed by atoms with Gasteiger partial charge in [-0.25, -0.2) is 8.42 Å². The molecule has 1 saturated carbocycles. The standard InChI is InChI=1S/C20H25N3O4S/c1-13-12-23(18-9-4-3-8-17(13)18)20(24)15-6-5-7-16(11-15)28(25,26)22-19-10-14(2)27-21-19/h5-7,10-11,13,17-18H,3-4,8-9,12H2,1-2H3,(H,21,22). The van der Waals surface area contributed by atoms with Crippen molar-refractivity contribution in [2.45, 2.75) is 50.5 Å². The number of amides is 1. The summed E-state index contributed by atoms with van der Waals surface area (Å²) in [4.78, 5) is 15.2. The second kappa shape index (κ2) is 7.24. The number of aryl methyl sites for hydroxylation is 1. The molecule has 28 heavy (non-hydrogen) atoms. The second-order valence-electron chi connectivity index (χ2n) is 7.91. The van der Waals surface area contributed by atoms with E-state index >= 15 is 0 Å². The summed E-state index contributed by atoms with van der Waals surface area (Å²) >= 11 is 0. The van der Waals surface area contributed by atoms with Crippen molar-refractivity contribution < 1.29 is 17.7 Å². The summed E-state index contributed by atoms with van der Waals surface area (Å²) in [6.45, 7) is 4.63. The molecule has 3 atom stereocenters. The van der Waals surface area contributed by atoms with Gasteiger partial charge < -0.3 is 9.42 Å². The van der Waals surface area contributed by atoms with E-state index in [-0.39, 0.29) is 22.7 Å². The van der Waals surface area contributed by atoms with Gasteiger partial charge in [0.25, 0.3) is 15.9 Å². The number of carbonyl (C=O) groups excluding carboxylic acids is 1. The van der Waals surface area contributed by atoms with Crippen LogP contribution in [0.5, 0.6) is 0 Å². The van der Waals surface area contributed by atoms with Gasteiger partial charge in [0, 0.05) is 24.2 Å². The Morgan fingerprint density at radius 2 is 2.04 bits per heavy atom. The minimum Gasteiger partial charge on any atom is -0.360 e. The summed E-state index contributed by atoms with van der Waals surface area (Å²) in [5, 5.41) is 3.66. The Morgan fingerprint density at radius 1 is 1.25 bits per heavy atom. The van der Waals surface area contributed by atoms with Gasteiger partial charge >= 0.3 is 0 Å². The lowest BCUT2D eigenvalue weighted by Gasteiger charge is -2.32. The molecule has 2 aromatic rings. The number of carbonyl (C=O) groups is 1. The Labute approximate surface area is 165 Å². The topological polar surface area (TPSA) is 92.5 Å². The highest BCUT2D eigenvalue weighted by atomic mass is 32.2. The second-order valence-corrected chi connectivity index (χ2v) is 9.59. The number of anilines is 1. The van der Waals surface area contributed by atoms with Crippen molar-refractivity contribution in [3.05, 3.63) is 41.7 Å². The number of rotatable bonds is 4. The van der Waals surface area contributed by atoms with Crippen LogP contribution in [0, 0.1) is 18.8 Å². The molecular weight excluding hydrogens is 378 g/mol. The molecule has 0 radical (unpaired) electrons. The first-order valence-electron chi connectivity index (χ1n) is 9.72. The molecule has 1 aliphatic carbocycles. The molecule has 1 saturated heterocycles. The molecular formula is C20H25N3O4S. The van der Waals surface area contributed by atoms with Crippen LogP contribution < -0.4 is 4.72 Å². The largest absolute Gasteiger partial charge is 0.360 e. The lowest BCUT2D eigenvalue weighted by atomic mass is 9.80. The first-order valence-corrected chi connectivity index (χ1v) is 11.2. The highest BCUT2D eigenvalue weighted by Crippen LogP contribution is 2.40. The van der Waals surface area contributed by atoms with Crippen molar-refractivity contribution in [1.29, 1.82) is 0 Å². The molecule has 2 fully saturated rings. The number of benzene rings is 1. The SMILES string of the molecule is Cc1cc(NS(=O)(=O)c2cccc(C(=O)N3CC(C)C4CCCCC43)c2)no1. The fourth-order valence-corrected chi connectivity index (χ4v) is 5.61. The van der Waals surface area contributed by atoms with E-state index < -0.39 is 10.0 Å². The Bertz CT molecular complexity index is 985. The summed E-state index contributed by atoms with van der Waals surface area (Å²) in [5.74, 6) is 1.58. The number of sulfonamides is 1. The average molecular weight is 404 g/mol.